The molecule has 0 aliphatic rings. The van der Waals surface area contributed by atoms with Crippen LogP contribution in [0, 0.1) is 5.82 Å². The van der Waals surface area contributed by atoms with Gasteiger partial charge in [0.1, 0.15) is 23.9 Å². The molecule has 0 aliphatic carbocycles. The molecule has 6 heteroatoms. The summed E-state index contributed by atoms with van der Waals surface area (Å²) in [5.74, 6) is 0.650. The minimum absolute atomic E-state index is 0.275. The highest BCUT2D eigenvalue weighted by Crippen LogP contribution is 2.27. The Morgan fingerprint density at radius 1 is 0.969 bits per heavy atom. The van der Waals surface area contributed by atoms with Crippen LogP contribution in [0.1, 0.15) is 21.5 Å². The van der Waals surface area contributed by atoms with Gasteiger partial charge in [-0.05, 0) is 58.8 Å². The molecule has 0 bridgehead atoms. The fourth-order valence-electron chi connectivity index (χ4n) is 3.24. The molecule has 0 unspecified atom stereocenters. The van der Waals surface area contributed by atoms with E-state index in [0.29, 0.717) is 17.1 Å². The Morgan fingerprint density at radius 3 is 2.47 bits per heavy atom. The predicted molar refractivity (Wildman–Crippen MR) is 123 cm³/mol. The third-order valence-corrected chi connectivity index (χ3v) is 4.95. The predicted octanol–water partition coefficient (Wildman–Crippen LogP) is 5.33. The number of halogens is 1. The van der Waals surface area contributed by atoms with E-state index in [-0.39, 0.29) is 18.3 Å². The van der Waals surface area contributed by atoms with E-state index in [1.165, 1.54) is 12.1 Å². The highest BCUT2D eigenvalue weighted by Gasteiger charge is 2.09. The van der Waals surface area contributed by atoms with E-state index in [1.54, 1.807) is 49.7 Å². The number of amides is 1. The Hall–Kier alpha value is -4.19. The van der Waals surface area contributed by atoms with Crippen LogP contribution in [0.2, 0.25) is 0 Å². The van der Waals surface area contributed by atoms with Crippen LogP contribution in [-0.2, 0) is 6.61 Å². The summed E-state index contributed by atoms with van der Waals surface area (Å²) in [5, 5.41) is 6.11. The van der Waals surface area contributed by atoms with Crippen molar-refractivity contribution in [3.63, 3.8) is 0 Å². The second-order valence-corrected chi connectivity index (χ2v) is 7.04. The minimum Gasteiger partial charge on any atom is -0.497 e. The fourth-order valence-corrected chi connectivity index (χ4v) is 3.24. The van der Waals surface area contributed by atoms with Gasteiger partial charge in [0.25, 0.3) is 5.91 Å². The van der Waals surface area contributed by atoms with Crippen molar-refractivity contribution in [1.29, 1.82) is 0 Å². The number of carbonyl (C=O) groups is 1. The van der Waals surface area contributed by atoms with Crippen molar-refractivity contribution in [1.82, 2.24) is 5.43 Å². The summed E-state index contributed by atoms with van der Waals surface area (Å²) in [7, 11) is 1.57. The average Bonchev–Trinajstić information content (AvgIpc) is 2.84. The smallest absolute Gasteiger partial charge is 0.271 e. The van der Waals surface area contributed by atoms with E-state index in [2.05, 4.69) is 10.5 Å². The van der Waals surface area contributed by atoms with Gasteiger partial charge in [-0.2, -0.15) is 5.10 Å². The van der Waals surface area contributed by atoms with E-state index >= 15 is 0 Å². The molecule has 5 nitrogen and oxygen atoms in total. The van der Waals surface area contributed by atoms with Gasteiger partial charge in [-0.15, -0.1) is 0 Å². The maximum Gasteiger partial charge on any atom is 0.271 e. The molecule has 0 atom stereocenters. The number of benzene rings is 4. The first-order valence-electron chi connectivity index (χ1n) is 10.0. The molecule has 0 spiro atoms. The standard InChI is InChI=1S/C26H21FN2O3/c1-31-22-13-8-20(9-14-22)26(30)29-28-16-24-23-5-3-2-4-19(23)10-15-25(24)32-17-18-6-11-21(27)12-7-18/h2-16H,17H2,1H3,(H,29,30)/b28-16+. The van der Waals surface area contributed by atoms with Gasteiger partial charge in [-0.3, -0.25) is 4.79 Å². The summed E-state index contributed by atoms with van der Waals surface area (Å²) >= 11 is 0. The first kappa shape index (κ1) is 21.1. The van der Waals surface area contributed by atoms with Gasteiger partial charge < -0.3 is 9.47 Å². The third kappa shape index (κ3) is 4.92. The van der Waals surface area contributed by atoms with Crippen molar-refractivity contribution >= 4 is 22.9 Å². The number of ether oxygens (including phenoxy) is 2. The van der Waals surface area contributed by atoms with Gasteiger partial charge in [-0.25, -0.2) is 9.82 Å². The fraction of sp³-hybridized carbons (Fsp3) is 0.0769. The average molecular weight is 428 g/mol. The molecule has 0 saturated carbocycles. The number of nitrogens with zero attached hydrogens (tertiary/aromatic N) is 1. The number of fused-ring (bicyclic) bond motifs is 1. The minimum atomic E-state index is -0.335. The second-order valence-electron chi connectivity index (χ2n) is 7.04. The Morgan fingerprint density at radius 2 is 1.72 bits per heavy atom. The van der Waals surface area contributed by atoms with Crippen molar-refractivity contribution in [2.45, 2.75) is 6.61 Å². The number of carbonyl (C=O) groups excluding carboxylic acids is 1. The van der Waals surface area contributed by atoms with E-state index in [0.717, 1.165) is 21.9 Å². The van der Waals surface area contributed by atoms with Crippen LogP contribution in [0.15, 0.2) is 90.0 Å². The number of rotatable bonds is 7. The Labute approximate surface area is 185 Å². The SMILES string of the molecule is COc1ccc(C(=O)N/N=C/c2c(OCc3ccc(F)cc3)ccc3ccccc23)cc1. The molecular weight excluding hydrogens is 407 g/mol. The van der Waals surface area contributed by atoms with E-state index in [1.807, 2.05) is 36.4 Å². The molecule has 0 fully saturated rings. The number of hydrogen-bond donors (Lipinski definition) is 1. The summed E-state index contributed by atoms with van der Waals surface area (Å²) in [4.78, 5) is 12.4. The molecule has 0 aliphatic heterocycles. The number of methoxy groups -OCH3 is 1. The molecule has 0 saturated heterocycles. The highest BCUT2D eigenvalue weighted by molar-refractivity contribution is 6.03. The van der Waals surface area contributed by atoms with Crippen molar-refractivity contribution in [3.05, 3.63) is 107 Å². The van der Waals surface area contributed by atoms with Gasteiger partial charge in [-0.1, -0.05) is 42.5 Å². The Kier molecular flexibility index (Phi) is 6.41. The lowest BCUT2D eigenvalue weighted by atomic mass is 10.0. The lowest BCUT2D eigenvalue weighted by Gasteiger charge is -2.12. The molecule has 4 aromatic carbocycles. The summed E-state index contributed by atoms with van der Waals surface area (Å²) < 4.78 is 24.3. The van der Waals surface area contributed by atoms with Crippen LogP contribution >= 0.6 is 0 Å². The zero-order chi connectivity index (χ0) is 22.3. The van der Waals surface area contributed by atoms with Gasteiger partial charge in [0.2, 0.25) is 0 Å². The molecule has 0 heterocycles. The topological polar surface area (TPSA) is 59.9 Å². The first-order chi connectivity index (χ1) is 15.6. The van der Waals surface area contributed by atoms with E-state index < -0.39 is 0 Å². The zero-order valence-electron chi connectivity index (χ0n) is 17.4. The molecule has 0 radical (unpaired) electrons. The quantitative estimate of drug-likeness (QED) is 0.320. The van der Waals surface area contributed by atoms with Crippen molar-refractivity contribution in [3.8, 4) is 11.5 Å². The van der Waals surface area contributed by atoms with Crippen LogP contribution < -0.4 is 14.9 Å². The molecular formula is C26H21FN2O3. The van der Waals surface area contributed by atoms with Crippen LogP contribution in [0.3, 0.4) is 0 Å². The number of nitrogens with one attached hydrogen (secondary N) is 1. The molecule has 0 aromatic heterocycles. The normalized spacial score (nSPS) is 10.9. The second kappa shape index (κ2) is 9.75. The highest BCUT2D eigenvalue weighted by atomic mass is 19.1. The van der Waals surface area contributed by atoms with Crippen LogP contribution in [0.25, 0.3) is 10.8 Å². The zero-order valence-corrected chi connectivity index (χ0v) is 17.4. The number of hydrogen-bond acceptors (Lipinski definition) is 4. The van der Waals surface area contributed by atoms with Gasteiger partial charge in [0, 0.05) is 11.1 Å². The summed E-state index contributed by atoms with van der Waals surface area (Å²) in [6.45, 7) is 0.275. The van der Waals surface area contributed by atoms with Gasteiger partial charge in [0.05, 0.1) is 13.3 Å². The van der Waals surface area contributed by atoms with E-state index in [4.69, 9.17) is 9.47 Å². The molecule has 4 rings (SSSR count). The summed E-state index contributed by atoms with van der Waals surface area (Å²) in [6, 6.07) is 24.6. The van der Waals surface area contributed by atoms with Crippen LogP contribution in [-0.4, -0.2) is 19.2 Å². The molecule has 160 valence electrons. The Bertz CT molecular complexity index is 1250. The molecule has 32 heavy (non-hydrogen) atoms. The van der Waals surface area contributed by atoms with Crippen molar-refractivity contribution in [2.24, 2.45) is 5.10 Å². The van der Waals surface area contributed by atoms with Crippen LogP contribution in [0.4, 0.5) is 4.39 Å². The van der Waals surface area contributed by atoms with Crippen molar-refractivity contribution < 1.29 is 18.7 Å². The maximum absolute atomic E-state index is 13.2. The van der Waals surface area contributed by atoms with Gasteiger partial charge >= 0.3 is 0 Å². The van der Waals surface area contributed by atoms with E-state index in [9.17, 15) is 9.18 Å². The third-order valence-electron chi connectivity index (χ3n) is 4.95. The largest absolute Gasteiger partial charge is 0.497 e. The van der Waals surface area contributed by atoms with Crippen molar-refractivity contribution in [2.75, 3.05) is 7.11 Å². The summed E-state index contributed by atoms with van der Waals surface area (Å²) in [6.07, 6.45) is 1.57. The molecule has 1 amide bonds. The number of hydrazone groups is 1. The molecule has 4 aromatic rings. The molecule has 1 N–H and O–H groups in total. The monoisotopic (exact) mass is 428 g/mol. The lowest BCUT2D eigenvalue weighted by Crippen LogP contribution is -2.17. The Balaban J connectivity index is 1.55. The van der Waals surface area contributed by atoms with Crippen LogP contribution in [0.5, 0.6) is 11.5 Å². The maximum atomic E-state index is 13.2. The summed E-state index contributed by atoms with van der Waals surface area (Å²) in [5.41, 5.74) is 4.59. The van der Waals surface area contributed by atoms with Gasteiger partial charge in [0.15, 0.2) is 0 Å². The first-order valence-corrected chi connectivity index (χ1v) is 10.0. The lowest BCUT2D eigenvalue weighted by molar-refractivity contribution is 0.0955.